The Balaban J connectivity index is 2.04. The molecule has 1 nitrogen and oxygen atoms in total. The fraction of sp³-hybridized carbons (Fsp3) is 1.00. The van der Waals surface area contributed by atoms with E-state index in [4.69, 9.17) is 11.6 Å². The average molecular weight is 201 g/mol. The molecule has 13 heavy (non-hydrogen) atoms. The second-order valence-electron chi connectivity index (χ2n) is 5.53. The molecule has 0 aromatic heterocycles. The Labute approximate surface area is 84.5 Å². The number of alkyl halides is 1. The smallest absolute Gasteiger partial charge is 0.0692 e. The second-order valence-corrected chi connectivity index (χ2v) is 6.09. The number of aliphatic hydroxyl groups is 1. The third kappa shape index (κ3) is 0.979. The molecular weight excluding hydrogens is 184 g/mol. The van der Waals surface area contributed by atoms with Gasteiger partial charge in [-0.15, -0.1) is 11.6 Å². The molecule has 0 radical (unpaired) electrons. The van der Waals surface area contributed by atoms with Gasteiger partial charge in [0.2, 0.25) is 0 Å². The van der Waals surface area contributed by atoms with E-state index in [0.29, 0.717) is 11.8 Å². The molecule has 0 spiro atoms. The van der Waals surface area contributed by atoms with Gasteiger partial charge in [-0.2, -0.15) is 0 Å². The van der Waals surface area contributed by atoms with Gasteiger partial charge in [0, 0.05) is 11.3 Å². The van der Waals surface area contributed by atoms with E-state index in [1.165, 1.54) is 19.3 Å². The predicted octanol–water partition coefficient (Wildman–Crippen LogP) is 2.41. The lowest BCUT2D eigenvalue weighted by atomic mass is 9.72. The summed E-state index contributed by atoms with van der Waals surface area (Å²) in [7, 11) is 0. The number of hydrogen-bond acceptors (Lipinski definition) is 1. The summed E-state index contributed by atoms with van der Waals surface area (Å²) >= 11 is 6.36. The molecule has 0 aliphatic heterocycles. The maximum Gasteiger partial charge on any atom is 0.0692 e. The number of hydrogen-bond donors (Lipinski definition) is 1. The molecule has 6 atom stereocenters. The zero-order valence-corrected chi connectivity index (χ0v) is 8.80. The molecule has 0 heterocycles. The zero-order chi connectivity index (χ0) is 9.22. The Morgan fingerprint density at radius 2 is 2.00 bits per heavy atom. The van der Waals surface area contributed by atoms with Crippen molar-refractivity contribution >= 4 is 11.6 Å². The number of halogens is 1. The highest BCUT2D eigenvalue weighted by atomic mass is 35.5. The Kier molecular flexibility index (Phi) is 1.60. The standard InChI is InChI=1S/C11H17ClO/c1-11(13)8-3-6-2-7(5-8)10(11)9(12)4-6/h6-10,13H,2-5H2,1H3/t6-,7+,8-,9-,10-,11-/m0/s1. The van der Waals surface area contributed by atoms with Crippen LogP contribution in [-0.4, -0.2) is 16.1 Å². The Hall–Kier alpha value is 0.250. The second kappa shape index (κ2) is 2.43. The van der Waals surface area contributed by atoms with Crippen molar-refractivity contribution in [2.24, 2.45) is 23.7 Å². The van der Waals surface area contributed by atoms with E-state index in [-0.39, 0.29) is 5.38 Å². The molecular formula is C11H17ClO. The van der Waals surface area contributed by atoms with Crippen LogP contribution in [0.15, 0.2) is 0 Å². The minimum atomic E-state index is -0.456. The van der Waals surface area contributed by atoms with E-state index in [9.17, 15) is 5.11 Å². The quantitative estimate of drug-likeness (QED) is 0.596. The van der Waals surface area contributed by atoms with E-state index in [0.717, 1.165) is 18.3 Å². The Bertz CT molecular complexity index is 236. The lowest BCUT2D eigenvalue weighted by Gasteiger charge is -2.37. The third-order valence-corrected chi connectivity index (χ3v) is 5.25. The average Bonchev–Trinajstić information content (AvgIpc) is 2.14. The Morgan fingerprint density at radius 1 is 1.23 bits per heavy atom. The van der Waals surface area contributed by atoms with Gasteiger partial charge in [0.15, 0.2) is 0 Å². The molecule has 0 aromatic carbocycles. The minimum Gasteiger partial charge on any atom is -0.390 e. The molecule has 3 saturated carbocycles. The summed E-state index contributed by atoms with van der Waals surface area (Å²) in [6.45, 7) is 2.02. The Morgan fingerprint density at radius 3 is 2.77 bits per heavy atom. The molecule has 0 aromatic rings. The highest BCUT2D eigenvalue weighted by molar-refractivity contribution is 6.21. The van der Waals surface area contributed by atoms with Gasteiger partial charge in [-0.25, -0.2) is 0 Å². The topological polar surface area (TPSA) is 20.2 Å². The fourth-order valence-electron chi connectivity index (χ4n) is 4.32. The minimum absolute atomic E-state index is 0.242. The van der Waals surface area contributed by atoms with E-state index >= 15 is 0 Å². The van der Waals surface area contributed by atoms with E-state index < -0.39 is 5.60 Å². The highest BCUT2D eigenvalue weighted by Gasteiger charge is 2.59. The van der Waals surface area contributed by atoms with Crippen molar-refractivity contribution < 1.29 is 5.11 Å². The highest BCUT2D eigenvalue weighted by Crippen LogP contribution is 2.60. The first kappa shape index (κ1) is 8.55. The summed E-state index contributed by atoms with van der Waals surface area (Å²) in [6, 6.07) is 0. The van der Waals surface area contributed by atoms with Crippen molar-refractivity contribution in [1.82, 2.24) is 0 Å². The first-order valence-electron chi connectivity index (χ1n) is 5.45. The van der Waals surface area contributed by atoms with Crippen LogP contribution in [0, 0.1) is 23.7 Å². The summed E-state index contributed by atoms with van der Waals surface area (Å²) in [5.74, 6) is 2.48. The van der Waals surface area contributed by atoms with Crippen molar-refractivity contribution in [3.63, 3.8) is 0 Å². The summed E-state index contributed by atoms with van der Waals surface area (Å²) < 4.78 is 0. The van der Waals surface area contributed by atoms with Gasteiger partial charge in [-0.3, -0.25) is 0 Å². The van der Waals surface area contributed by atoms with Gasteiger partial charge in [-0.05, 0) is 50.4 Å². The van der Waals surface area contributed by atoms with Crippen molar-refractivity contribution in [1.29, 1.82) is 0 Å². The van der Waals surface area contributed by atoms with Gasteiger partial charge < -0.3 is 5.11 Å². The van der Waals surface area contributed by atoms with Crippen molar-refractivity contribution in [2.75, 3.05) is 0 Å². The normalized spacial score (nSPS) is 64.4. The first-order chi connectivity index (χ1) is 6.09. The van der Waals surface area contributed by atoms with E-state index in [1.54, 1.807) is 0 Å². The van der Waals surface area contributed by atoms with Crippen molar-refractivity contribution in [3.8, 4) is 0 Å². The van der Waals surface area contributed by atoms with Gasteiger partial charge in [-0.1, -0.05) is 0 Å². The van der Waals surface area contributed by atoms with Crippen molar-refractivity contribution in [3.05, 3.63) is 0 Å². The van der Waals surface area contributed by atoms with Crippen molar-refractivity contribution in [2.45, 2.75) is 43.6 Å². The predicted molar refractivity (Wildman–Crippen MR) is 52.7 cm³/mol. The largest absolute Gasteiger partial charge is 0.390 e. The van der Waals surface area contributed by atoms with Crippen LogP contribution >= 0.6 is 11.6 Å². The fourth-order valence-corrected chi connectivity index (χ4v) is 5.04. The molecule has 74 valence electrons. The van der Waals surface area contributed by atoms with Crippen LogP contribution in [-0.2, 0) is 0 Å². The van der Waals surface area contributed by atoms with Gasteiger partial charge in [0.25, 0.3) is 0 Å². The monoisotopic (exact) mass is 200 g/mol. The molecule has 3 rings (SSSR count). The summed E-state index contributed by atoms with van der Waals surface area (Å²) in [5, 5.41) is 10.7. The lowest BCUT2D eigenvalue weighted by Crippen LogP contribution is -2.41. The van der Waals surface area contributed by atoms with E-state index in [1.807, 2.05) is 6.92 Å². The van der Waals surface area contributed by atoms with Crippen LogP contribution in [0.3, 0.4) is 0 Å². The molecule has 0 saturated heterocycles. The molecule has 1 N–H and O–H groups in total. The lowest BCUT2D eigenvalue weighted by molar-refractivity contribution is -0.0184. The van der Waals surface area contributed by atoms with Crippen LogP contribution in [0.4, 0.5) is 0 Å². The number of rotatable bonds is 0. The molecule has 0 amide bonds. The molecule has 3 bridgehead atoms. The zero-order valence-electron chi connectivity index (χ0n) is 8.04. The van der Waals surface area contributed by atoms with Gasteiger partial charge in [0.1, 0.15) is 0 Å². The van der Waals surface area contributed by atoms with Crippen LogP contribution in [0.25, 0.3) is 0 Å². The molecule has 2 heteroatoms. The summed E-state index contributed by atoms with van der Waals surface area (Å²) in [6.07, 6.45) is 4.94. The molecule has 0 unspecified atom stereocenters. The van der Waals surface area contributed by atoms with Gasteiger partial charge in [0.05, 0.1) is 5.60 Å². The maximum atomic E-state index is 10.4. The van der Waals surface area contributed by atoms with Gasteiger partial charge >= 0.3 is 0 Å². The summed E-state index contributed by atoms with van der Waals surface area (Å²) in [4.78, 5) is 0. The van der Waals surface area contributed by atoms with Crippen LogP contribution < -0.4 is 0 Å². The van der Waals surface area contributed by atoms with Crippen LogP contribution in [0.2, 0.25) is 0 Å². The number of fused-ring (bicyclic) bond motifs is 2. The molecule has 3 fully saturated rings. The maximum absolute atomic E-state index is 10.4. The first-order valence-corrected chi connectivity index (χ1v) is 5.89. The molecule has 3 aliphatic rings. The van der Waals surface area contributed by atoms with Crippen LogP contribution in [0.1, 0.15) is 32.6 Å². The van der Waals surface area contributed by atoms with Crippen LogP contribution in [0.5, 0.6) is 0 Å². The SMILES string of the molecule is C[C@]1(O)[C@H]2C[C@@H]3C[C@H](C2)[C@H]1[C@@H](Cl)C3. The molecule has 3 aliphatic carbocycles. The summed E-state index contributed by atoms with van der Waals surface area (Å²) in [5.41, 5.74) is -0.456. The third-order valence-electron chi connectivity index (χ3n) is 4.80. The van der Waals surface area contributed by atoms with E-state index in [2.05, 4.69) is 0 Å².